The van der Waals surface area contributed by atoms with E-state index in [0.29, 0.717) is 10.2 Å². The number of benzene rings is 2. The van der Waals surface area contributed by atoms with Gasteiger partial charge in [-0.2, -0.15) is 0 Å². The number of halogens is 2. The van der Waals surface area contributed by atoms with Crippen LogP contribution in [-0.4, -0.2) is 15.5 Å². The Morgan fingerprint density at radius 2 is 1.95 bits per heavy atom. The highest BCUT2D eigenvalue weighted by Gasteiger charge is 2.20. The molecule has 0 saturated carbocycles. The molecule has 0 heterocycles. The fourth-order valence-electron chi connectivity index (χ4n) is 1.70. The molecule has 0 radical (unpaired) electrons. The molecule has 2 aromatic carbocycles. The van der Waals surface area contributed by atoms with Crippen LogP contribution >= 0.6 is 15.9 Å². The Balaban J connectivity index is 2.47. The molecule has 0 aliphatic carbocycles. The number of nitrogen functional groups attached to an aromatic ring is 1. The molecule has 0 spiro atoms. The van der Waals surface area contributed by atoms with Gasteiger partial charge in [-0.1, -0.05) is 15.9 Å². The van der Waals surface area contributed by atoms with Crippen molar-refractivity contribution in [2.24, 2.45) is 0 Å². The third kappa shape index (κ3) is 3.45. The van der Waals surface area contributed by atoms with Crippen LogP contribution in [0, 0.1) is 5.82 Å². The van der Waals surface area contributed by atoms with E-state index in [2.05, 4.69) is 20.7 Å². The van der Waals surface area contributed by atoms with Gasteiger partial charge in [0.25, 0.3) is 10.0 Å². The molecule has 8 heteroatoms. The zero-order chi connectivity index (χ0) is 15.6. The van der Waals surface area contributed by atoms with Crippen molar-refractivity contribution in [2.45, 2.75) is 4.90 Å². The first kappa shape index (κ1) is 15.6. The number of ether oxygens (including phenoxy) is 1. The van der Waals surface area contributed by atoms with Crippen LogP contribution in [0.25, 0.3) is 0 Å². The van der Waals surface area contributed by atoms with E-state index in [1.807, 2.05) is 0 Å². The van der Waals surface area contributed by atoms with E-state index < -0.39 is 15.8 Å². The maximum atomic E-state index is 13.2. The monoisotopic (exact) mass is 374 g/mol. The summed E-state index contributed by atoms with van der Waals surface area (Å²) in [6.07, 6.45) is 0. The minimum Gasteiger partial charge on any atom is -0.495 e. The number of sulfonamides is 1. The molecule has 3 N–H and O–H groups in total. The number of anilines is 2. The molecule has 0 aliphatic heterocycles. The van der Waals surface area contributed by atoms with Crippen molar-refractivity contribution >= 4 is 37.3 Å². The van der Waals surface area contributed by atoms with Crippen molar-refractivity contribution in [2.75, 3.05) is 17.6 Å². The normalized spacial score (nSPS) is 11.2. The molecule has 2 aromatic rings. The third-order valence-electron chi connectivity index (χ3n) is 2.67. The van der Waals surface area contributed by atoms with Crippen LogP contribution in [0.5, 0.6) is 5.75 Å². The summed E-state index contributed by atoms with van der Waals surface area (Å²) in [6.45, 7) is 0. The molecule has 0 fully saturated rings. The third-order valence-corrected chi connectivity index (χ3v) is 4.59. The standard InChI is InChI=1S/C13H12BrFN2O3S/c1-20-12-5-2-8(14)6-11(12)17-21(18,19)13-7-9(15)3-4-10(13)16/h2-7,17H,16H2,1H3. The van der Waals surface area contributed by atoms with Crippen LogP contribution in [0.3, 0.4) is 0 Å². The van der Waals surface area contributed by atoms with Gasteiger partial charge >= 0.3 is 0 Å². The fourth-order valence-corrected chi connectivity index (χ4v) is 3.27. The summed E-state index contributed by atoms with van der Waals surface area (Å²) >= 11 is 3.24. The van der Waals surface area contributed by atoms with Crippen molar-refractivity contribution in [3.63, 3.8) is 0 Å². The molecule has 2 rings (SSSR count). The molecule has 0 saturated heterocycles. The van der Waals surface area contributed by atoms with E-state index in [1.165, 1.54) is 19.2 Å². The minimum atomic E-state index is -4.03. The van der Waals surface area contributed by atoms with E-state index in [0.717, 1.165) is 12.1 Å². The summed E-state index contributed by atoms with van der Waals surface area (Å²) in [5.41, 5.74) is 5.78. The van der Waals surface area contributed by atoms with Gasteiger partial charge in [0.05, 0.1) is 18.5 Å². The average Bonchev–Trinajstić information content (AvgIpc) is 2.41. The molecule has 0 bridgehead atoms. The van der Waals surface area contributed by atoms with Gasteiger partial charge in [0.15, 0.2) is 0 Å². The largest absolute Gasteiger partial charge is 0.495 e. The van der Waals surface area contributed by atoms with Gasteiger partial charge in [-0.3, -0.25) is 4.72 Å². The van der Waals surface area contributed by atoms with Gasteiger partial charge in [-0.25, -0.2) is 12.8 Å². The molecular formula is C13H12BrFN2O3S. The highest BCUT2D eigenvalue weighted by molar-refractivity contribution is 9.10. The summed E-state index contributed by atoms with van der Waals surface area (Å²) in [4.78, 5) is -0.329. The highest BCUT2D eigenvalue weighted by atomic mass is 79.9. The second-order valence-corrected chi connectivity index (χ2v) is 6.70. The zero-order valence-electron chi connectivity index (χ0n) is 10.9. The Morgan fingerprint density at radius 3 is 2.62 bits per heavy atom. The maximum absolute atomic E-state index is 13.2. The predicted molar refractivity (Wildman–Crippen MR) is 82.3 cm³/mol. The molecule has 0 unspecified atom stereocenters. The molecule has 0 aliphatic rings. The second-order valence-electron chi connectivity index (χ2n) is 4.13. The number of rotatable bonds is 4. The van der Waals surface area contributed by atoms with Gasteiger partial charge < -0.3 is 10.5 Å². The second kappa shape index (κ2) is 5.90. The Morgan fingerprint density at radius 1 is 1.24 bits per heavy atom. The van der Waals surface area contributed by atoms with E-state index >= 15 is 0 Å². The van der Waals surface area contributed by atoms with Crippen LogP contribution in [0.4, 0.5) is 15.8 Å². The minimum absolute atomic E-state index is 0.0436. The highest BCUT2D eigenvalue weighted by Crippen LogP contribution is 2.31. The fraction of sp³-hybridized carbons (Fsp3) is 0.0769. The van der Waals surface area contributed by atoms with Gasteiger partial charge in [0, 0.05) is 4.47 Å². The van der Waals surface area contributed by atoms with Crippen LogP contribution in [-0.2, 0) is 10.0 Å². The predicted octanol–water partition coefficient (Wildman–Crippen LogP) is 2.98. The lowest BCUT2D eigenvalue weighted by molar-refractivity contribution is 0.417. The van der Waals surface area contributed by atoms with Gasteiger partial charge in [-0.15, -0.1) is 0 Å². The maximum Gasteiger partial charge on any atom is 0.264 e. The van der Waals surface area contributed by atoms with Crippen molar-refractivity contribution in [1.29, 1.82) is 0 Å². The zero-order valence-corrected chi connectivity index (χ0v) is 13.3. The summed E-state index contributed by atoms with van der Waals surface area (Å²) in [7, 11) is -2.62. The van der Waals surface area contributed by atoms with Crippen LogP contribution in [0.2, 0.25) is 0 Å². The van der Waals surface area contributed by atoms with Crippen molar-refractivity contribution in [1.82, 2.24) is 0 Å². The Hall–Kier alpha value is -1.80. The molecule has 0 atom stereocenters. The quantitative estimate of drug-likeness (QED) is 0.806. The lowest BCUT2D eigenvalue weighted by Crippen LogP contribution is -2.15. The smallest absolute Gasteiger partial charge is 0.264 e. The summed E-state index contributed by atoms with van der Waals surface area (Å²) in [5, 5.41) is 0. The van der Waals surface area contributed by atoms with Crippen LogP contribution in [0.15, 0.2) is 45.8 Å². The first-order chi connectivity index (χ1) is 9.83. The Labute approximate surface area is 130 Å². The lowest BCUT2D eigenvalue weighted by Gasteiger charge is -2.13. The SMILES string of the molecule is COc1ccc(Br)cc1NS(=O)(=O)c1cc(F)ccc1N. The van der Waals surface area contributed by atoms with Gasteiger partial charge in [0.1, 0.15) is 16.5 Å². The average molecular weight is 375 g/mol. The topological polar surface area (TPSA) is 81.4 Å². The van der Waals surface area contributed by atoms with Crippen LogP contribution < -0.4 is 15.2 Å². The molecule has 0 amide bonds. The van der Waals surface area contributed by atoms with Crippen molar-refractivity contribution < 1.29 is 17.5 Å². The first-order valence-corrected chi connectivity index (χ1v) is 8.02. The van der Waals surface area contributed by atoms with Gasteiger partial charge in [0.2, 0.25) is 0 Å². The van der Waals surface area contributed by atoms with Crippen molar-refractivity contribution in [3.8, 4) is 5.75 Å². The molecule has 0 aromatic heterocycles. The summed E-state index contributed by atoms with van der Waals surface area (Å²) in [5.74, 6) is -0.359. The summed E-state index contributed by atoms with van der Waals surface area (Å²) in [6, 6.07) is 7.98. The number of hydrogen-bond donors (Lipinski definition) is 2. The van der Waals surface area contributed by atoms with E-state index in [-0.39, 0.29) is 16.3 Å². The lowest BCUT2D eigenvalue weighted by atomic mass is 10.3. The Kier molecular flexibility index (Phi) is 4.38. The number of nitrogens with one attached hydrogen (secondary N) is 1. The summed E-state index contributed by atoms with van der Waals surface area (Å²) < 4.78 is 46.0. The molecule has 21 heavy (non-hydrogen) atoms. The first-order valence-electron chi connectivity index (χ1n) is 5.75. The number of nitrogens with two attached hydrogens (primary N) is 1. The molecule has 5 nitrogen and oxygen atoms in total. The molecule has 112 valence electrons. The molecular weight excluding hydrogens is 363 g/mol. The Bertz CT molecular complexity index is 781. The van der Waals surface area contributed by atoms with Crippen molar-refractivity contribution in [3.05, 3.63) is 46.7 Å². The van der Waals surface area contributed by atoms with E-state index in [1.54, 1.807) is 12.1 Å². The van der Waals surface area contributed by atoms with Crippen LogP contribution in [0.1, 0.15) is 0 Å². The van der Waals surface area contributed by atoms with E-state index in [4.69, 9.17) is 10.5 Å². The number of hydrogen-bond acceptors (Lipinski definition) is 4. The van der Waals surface area contributed by atoms with Gasteiger partial charge in [-0.05, 0) is 36.4 Å². The number of methoxy groups -OCH3 is 1. The van der Waals surface area contributed by atoms with E-state index in [9.17, 15) is 12.8 Å².